The SMILES string of the molecule is N#Cc1cc(Cl)cc(Oc2c(C(F)(F)F)ncn(CC3=CC(n4cccn4)C(=O)N=N3)c2=O)c1. The van der Waals surface area contributed by atoms with Crippen LogP contribution in [0.1, 0.15) is 17.3 Å². The third kappa shape index (κ3) is 4.71. The summed E-state index contributed by atoms with van der Waals surface area (Å²) in [5, 5.41) is 20.3. The molecule has 0 N–H and O–H groups in total. The van der Waals surface area contributed by atoms with E-state index in [2.05, 4.69) is 20.3 Å². The molecule has 0 fully saturated rings. The van der Waals surface area contributed by atoms with Crippen LogP contribution in [0.2, 0.25) is 5.02 Å². The summed E-state index contributed by atoms with van der Waals surface area (Å²) in [6, 6.07) is 6.01. The van der Waals surface area contributed by atoms with Crippen LogP contribution >= 0.6 is 11.6 Å². The Kier molecular flexibility index (Phi) is 5.99. The lowest BCUT2D eigenvalue weighted by Gasteiger charge is -2.17. The third-order valence-electron chi connectivity index (χ3n) is 4.51. The Balaban J connectivity index is 1.73. The van der Waals surface area contributed by atoms with Crippen molar-refractivity contribution < 1.29 is 22.7 Å². The van der Waals surface area contributed by atoms with Crippen LogP contribution in [0, 0.1) is 11.3 Å². The molecule has 1 aromatic carbocycles. The lowest BCUT2D eigenvalue weighted by molar-refractivity contribution is -0.142. The van der Waals surface area contributed by atoms with Crippen LogP contribution in [0.5, 0.6) is 11.5 Å². The third-order valence-corrected chi connectivity index (χ3v) is 4.73. The first-order valence-corrected chi connectivity index (χ1v) is 9.74. The van der Waals surface area contributed by atoms with E-state index in [1.54, 1.807) is 12.1 Å². The van der Waals surface area contributed by atoms with Gasteiger partial charge in [0.2, 0.25) is 5.75 Å². The van der Waals surface area contributed by atoms with Crippen LogP contribution in [0.25, 0.3) is 0 Å². The molecule has 3 heterocycles. The number of hydrogen-bond donors (Lipinski definition) is 0. The molecule has 1 unspecified atom stereocenters. The summed E-state index contributed by atoms with van der Waals surface area (Å²) in [6.45, 7) is -0.353. The number of carbonyl (C=O) groups is 1. The fourth-order valence-electron chi connectivity index (χ4n) is 3.03. The molecule has 1 amide bonds. The topological polar surface area (TPSA) is 128 Å². The largest absolute Gasteiger partial charge is 0.449 e. The van der Waals surface area contributed by atoms with Gasteiger partial charge in [0.05, 0.1) is 30.2 Å². The van der Waals surface area contributed by atoms with E-state index in [-0.39, 0.29) is 28.6 Å². The molecular formula is C20H11ClF3N7O3. The fraction of sp³-hybridized carbons (Fsp3) is 0.150. The monoisotopic (exact) mass is 489 g/mol. The number of carbonyl (C=O) groups excluding carboxylic acids is 1. The average Bonchev–Trinajstić information content (AvgIpc) is 3.31. The second-order valence-electron chi connectivity index (χ2n) is 6.87. The summed E-state index contributed by atoms with van der Waals surface area (Å²) in [4.78, 5) is 28.3. The quantitative estimate of drug-likeness (QED) is 0.535. The molecule has 0 aliphatic carbocycles. The Morgan fingerprint density at radius 3 is 2.68 bits per heavy atom. The molecule has 10 nitrogen and oxygen atoms in total. The molecule has 0 bridgehead atoms. The molecule has 4 rings (SSSR count). The standard InChI is InChI=1S/C20H11ClF3N7O3/c21-12-4-11(8-25)5-14(6-12)34-16-17(20(22,23)24)26-10-30(19(16)33)9-13-7-15(18(32)29-28-13)31-3-1-2-27-31/h1-7,10,15H,9H2. The molecule has 1 aliphatic heterocycles. The number of alkyl halides is 3. The van der Waals surface area contributed by atoms with Gasteiger partial charge < -0.3 is 4.74 Å². The van der Waals surface area contributed by atoms with Crippen molar-refractivity contribution in [2.45, 2.75) is 18.8 Å². The van der Waals surface area contributed by atoms with Crippen LogP contribution in [0.3, 0.4) is 0 Å². The van der Waals surface area contributed by atoms with E-state index < -0.39 is 35.1 Å². The van der Waals surface area contributed by atoms with E-state index in [9.17, 15) is 22.8 Å². The number of aromatic nitrogens is 4. The first-order valence-electron chi connectivity index (χ1n) is 9.36. The summed E-state index contributed by atoms with van der Waals surface area (Å²) < 4.78 is 48.0. The van der Waals surface area contributed by atoms with E-state index in [1.807, 2.05) is 0 Å². The van der Waals surface area contributed by atoms with Crippen LogP contribution in [0.4, 0.5) is 13.2 Å². The smallest absolute Gasteiger partial charge is 0.437 e. The summed E-state index contributed by atoms with van der Waals surface area (Å²) >= 11 is 5.88. The Bertz CT molecular complexity index is 1420. The van der Waals surface area contributed by atoms with Crippen molar-refractivity contribution in [3.8, 4) is 17.6 Å². The summed E-state index contributed by atoms with van der Waals surface area (Å²) in [5.41, 5.74) is -2.60. The Hall–Kier alpha value is -4.31. The second kappa shape index (κ2) is 8.91. The second-order valence-corrected chi connectivity index (χ2v) is 7.31. The van der Waals surface area contributed by atoms with Crippen molar-refractivity contribution in [1.82, 2.24) is 19.3 Å². The van der Waals surface area contributed by atoms with Crippen LogP contribution in [-0.2, 0) is 17.5 Å². The lowest BCUT2D eigenvalue weighted by atomic mass is 10.2. The highest BCUT2D eigenvalue weighted by molar-refractivity contribution is 6.30. The molecular weight excluding hydrogens is 479 g/mol. The van der Waals surface area contributed by atoms with Gasteiger partial charge in [-0.15, -0.1) is 5.11 Å². The minimum absolute atomic E-state index is 0.0161. The van der Waals surface area contributed by atoms with Crippen molar-refractivity contribution in [2.75, 3.05) is 0 Å². The normalized spacial score (nSPS) is 15.7. The maximum atomic E-state index is 13.5. The fourth-order valence-corrected chi connectivity index (χ4v) is 3.26. The van der Waals surface area contributed by atoms with Gasteiger partial charge in [0.1, 0.15) is 5.75 Å². The molecule has 1 aliphatic rings. The predicted octanol–water partition coefficient (Wildman–Crippen LogP) is 3.89. The molecule has 172 valence electrons. The summed E-state index contributed by atoms with van der Waals surface area (Å²) in [6.07, 6.45) is 0.0327. The zero-order valence-corrected chi connectivity index (χ0v) is 17.5. The van der Waals surface area contributed by atoms with Crippen molar-refractivity contribution >= 4 is 17.5 Å². The molecule has 2 aromatic heterocycles. The van der Waals surface area contributed by atoms with Crippen molar-refractivity contribution in [3.05, 3.63) is 81.4 Å². The van der Waals surface area contributed by atoms with Gasteiger partial charge in [-0.1, -0.05) is 11.6 Å². The maximum absolute atomic E-state index is 13.5. The van der Waals surface area contributed by atoms with Gasteiger partial charge in [0.15, 0.2) is 11.7 Å². The molecule has 1 atom stereocenters. The van der Waals surface area contributed by atoms with Gasteiger partial charge in [-0.3, -0.25) is 18.8 Å². The van der Waals surface area contributed by atoms with E-state index in [1.165, 1.54) is 29.2 Å². The van der Waals surface area contributed by atoms with Crippen molar-refractivity contribution in [2.24, 2.45) is 10.2 Å². The lowest BCUT2D eigenvalue weighted by Crippen LogP contribution is -2.27. The highest BCUT2D eigenvalue weighted by Gasteiger charge is 2.39. The van der Waals surface area contributed by atoms with Crippen LogP contribution in [-0.4, -0.2) is 25.2 Å². The van der Waals surface area contributed by atoms with Crippen molar-refractivity contribution in [3.63, 3.8) is 0 Å². The van der Waals surface area contributed by atoms with Gasteiger partial charge >= 0.3 is 6.18 Å². The van der Waals surface area contributed by atoms with E-state index in [0.29, 0.717) is 6.33 Å². The molecule has 34 heavy (non-hydrogen) atoms. The first-order chi connectivity index (χ1) is 16.2. The molecule has 0 saturated carbocycles. The first kappa shape index (κ1) is 22.9. The number of benzene rings is 1. The van der Waals surface area contributed by atoms with E-state index in [0.717, 1.165) is 16.7 Å². The number of azo groups is 1. The number of amides is 1. The maximum Gasteiger partial charge on any atom is 0.437 e. The highest BCUT2D eigenvalue weighted by Crippen LogP contribution is 2.35. The number of rotatable bonds is 5. The highest BCUT2D eigenvalue weighted by atomic mass is 35.5. The average molecular weight is 490 g/mol. The summed E-state index contributed by atoms with van der Waals surface area (Å²) in [5.74, 6) is -1.98. The Morgan fingerprint density at radius 2 is 2.00 bits per heavy atom. The Labute approximate surface area is 193 Å². The van der Waals surface area contributed by atoms with Crippen LogP contribution in [0.15, 0.2) is 69.8 Å². The van der Waals surface area contributed by atoms with Gasteiger partial charge in [0.25, 0.3) is 11.5 Å². The molecule has 0 spiro atoms. The number of nitrogens with zero attached hydrogens (tertiary/aromatic N) is 7. The number of ether oxygens (including phenoxy) is 1. The minimum Gasteiger partial charge on any atom is -0.449 e. The molecule has 3 aromatic rings. The molecule has 0 radical (unpaired) electrons. The zero-order chi connectivity index (χ0) is 24.5. The molecule has 0 saturated heterocycles. The van der Waals surface area contributed by atoms with E-state index >= 15 is 0 Å². The number of hydrogen-bond acceptors (Lipinski definition) is 7. The number of halogens is 4. The number of nitriles is 1. The van der Waals surface area contributed by atoms with Gasteiger partial charge in [-0.05, 0) is 30.3 Å². The van der Waals surface area contributed by atoms with Crippen LogP contribution < -0.4 is 10.3 Å². The van der Waals surface area contributed by atoms with E-state index in [4.69, 9.17) is 21.6 Å². The summed E-state index contributed by atoms with van der Waals surface area (Å²) in [7, 11) is 0. The predicted molar refractivity (Wildman–Crippen MR) is 109 cm³/mol. The minimum atomic E-state index is -5.01. The van der Waals surface area contributed by atoms with Gasteiger partial charge in [0, 0.05) is 17.4 Å². The zero-order valence-electron chi connectivity index (χ0n) is 16.8. The Morgan fingerprint density at radius 1 is 1.21 bits per heavy atom. The number of allylic oxidation sites excluding steroid dienone is 1. The van der Waals surface area contributed by atoms with Crippen molar-refractivity contribution in [1.29, 1.82) is 5.26 Å². The van der Waals surface area contributed by atoms with Gasteiger partial charge in [-0.2, -0.15) is 28.6 Å². The molecule has 14 heteroatoms. The van der Waals surface area contributed by atoms with Gasteiger partial charge in [-0.25, -0.2) is 4.98 Å².